The Bertz CT molecular complexity index is 203. The average Bonchev–Trinajstić information content (AvgIpc) is 1.84. The van der Waals surface area contributed by atoms with Crippen LogP contribution >= 0.6 is 25.3 Å². The van der Waals surface area contributed by atoms with Crippen LogP contribution in [0.15, 0.2) is 9.98 Å². The third-order valence-corrected chi connectivity index (χ3v) is 1.06. The number of rotatable bonds is 3. The first kappa shape index (κ1) is 9.46. The van der Waals surface area contributed by atoms with Crippen LogP contribution in [-0.4, -0.2) is 22.9 Å². The highest BCUT2D eigenvalue weighted by atomic mass is 32.2. The summed E-state index contributed by atoms with van der Waals surface area (Å²) >= 11 is 7.53. The molecule has 0 saturated heterocycles. The molecule has 0 aliphatic heterocycles. The predicted molar refractivity (Wildman–Crippen MR) is 41.8 cm³/mol. The predicted octanol–water partition coefficient (Wildman–Crippen LogP) is 0.171. The maximum Gasteiger partial charge on any atom is 0.237 e. The summed E-state index contributed by atoms with van der Waals surface area (Å²) in [5.74, 6) is 0. The minimum atomic E-state index is -1.24. The Morgan fingerprint density at radius 3 is 2.30 bits per heavy atom. The monoisotopic (exact) mass is 176 g/mol. The quantitative estimate of drug-likeness (QED) is 0.279. The molecule has 0 fully saturated rings. The number of hydrogen-bond acceptors (Lipinski definition) is 6. The number of carbonyl (C=O) groups excluding carboxylic acids is 2. The van der Waals surface area contributed by atoms with E-state index in [1.165, 1.54) is 12.2 Å². The van der Waals surface area contributed by atoms with Gasteiger partial charge in [0.05, 0.1) is 6.54 Å². The van der Waals surface area contributed by atoms with Crippen LogP contribution in [0.25, 0.3) is 0 Å². The largest absolute Gasteiger partial charge is 0.237 e. The number of isocyanates is 2. The maximum atomic E-state index is 9.65. The zero-order valence-electron chi connectivity index (χ0n) is 4.81. The van der Waals surface area contributed by atoms with Crippen molar-refractivity contribution in [2.75, 3.05) is 6.54 Å². The Hall–Kier alpha value is -0.540. The molecule has 0 bridgehead atoms. The van der Waals surface area contributed by atoms with Crippen molar-refractivity contribution in [1.82, 2.24) is 0 Å². The third kappa shape index (κ3) is 4.35. The Morgan fingerprint density at radius 1 is 1.30 bits per heavy atom. The van der Waals surface area contributed by atoms with Crippen molar-refractivity contribution in [2.45, 2.75) is 4.20 Å². The molecule has 0 aromatic rings. The van der Waals surface area contributed by atoms with Crippen LogP contribution in [0.4, 0.5) is 0 Å². The van der Waals surface area contributed by atoms with E-state index in [9.17, 15) is 9.59 Å². The number of thiol groups is 2. The highest BCUT2D eigenvalue weighted by molar-refractivity contribution is 8.00. The van der Waals surface area contributed by atoms with Crippen LogP contribution in [0.1, 0.15) is 0 Å². The van der Waals surface area contributed by atoms with Crippen molar-refractivity contribution < 1.29 is 9.59 Å². The lowest BCUT2D eigenvalue weighted by atomic mass is 10.6. The molecular weight excluding hydrogens is 172 g/mol. The highest BCUT2D eigenvalue weighted by Crippen LogP contribution is 2.20. The van der Waals surface area contributed by atoms with E-state index in [1.807, 2.05) is 0 Å². The van der Waals surface area contributed by atoms with E-state index in [2.05, 4.69) is 35.2 Å². The minimum Gasteiger partial charge on any atom is -0.211 e. The van der Waals surface area contributed by atoms with E-state index in [4.69, 9.17) is 0 Å². The topological polar surface area (TPSA) is 58.9 Å². The standard InChI is InChI=1S/C4H4N2O2S2/c7-2-5-1-4(9,10)6-3-8/h9-10H,1H2. The van der Waals surface area contributed by atoms with E-state index in [0.29, 0.717) is 0 Å². The van der Waals surface area contributed by atoms with Crippen molar-refractivity contribution in [3.05, 3.63) is 0 Å². The Kier molecular flexibility index (Phi) is 4.07. The molecule has 0 spiro atoms. The van der Waals surface area contributed by atoms with Crippen LogP contribution in [0.3, 0.4) is 0 Å². The van der Waals surface area contributed by atoms with Gasteiger partial charge >= 0.3 is 0 Å². The third-order valence-electron chi connectivity index (χ3n) is 0.580. The molecular formula is C4H4N2O2S2. The Morgan fingerprint density at radius 2 is 1.90 bits per heavy atom. The van der Waals surface area contributed by atoms with Crippen molar-refractivity contribution in [1.29, 1.82) is 0 Å². The van der Waals surface area contributed by atoms with E-state index in [1.54, 1.807) is 0 Å². The fraction of sp³-hybridized carbons (Fsp3) is 0.500. The Balaban J connectivity index is 4.11. The molecule has 0 aromatic carbocycles. The lowest BCUT2D eigenvalue weighted by Crippen LogP contribution is -2.13. The molecule has 0 saturated carbocycles. The molecule has 0 radical (unpaired) electrons. The van der Waals surface area contributed by atoms with Crippen molar-refractivity contribution in [3.8, 4) is 0 Å². The van der Waals surface area contributed by atoms with Gasteiger partial charge in [0.25, 0.3) is 0 Å². The second-order valence-corrected chi connectivity index (χ2v) is 3.22. The van der Waals surface area contributed by atoms with E-state index in [0.717, 1.165) is 0 Å². The molecule has 0 aliphatic carbocycles. The molecule has 4 nitrogen and oxygen atoms in total. The summed E-state index contributed by atoms with van der Waals surface area (Å²) in [7, 11) is 0. The second kappa shape index (κ2) is 4.30. The molecule has 0 atom stereocenters. The van der Waals surface area contributed by atoms with Crippen molar-refractivity contribution >= 4 is 37.4 Å². The van der Waals surface area contributed by atoms with Crippen LogP contribution in [0.2, 0.25) is 0 Å². The van der Waals surface area contributed by atoms with Crippen molar-refractivity contribution in [2.24, 2.45) is 9.98 Å². The van der Waals surface area contributed by atoms with Gasteiger partial charge in [-0.1, -0.05) is 0 Å². The lowest BCUT2D eigenvalue weighted by molar-refractivity contribution is 0.558. The fourth-order valence-electron chi connectivity index (χ4n) is 0.247. The van der Waals surface area contributed by atoms with Gasteiger partial charge in [-0.15, -0.1) is 25.3 Å². The lowest BCUT2D eigenvalue weighted by Gasteiger charge is -2.08. The summed E-state index contributed by atoms with van der Waals surface area (Å²) in [6.07, 6.45) is 2.52. The van der Waals surface area contributed by atoms with E-state index < -0.39 is 4.20 Å². The number of aliphatic imine (C=N–C) groups is 2. The zero-order chi connectivity index (χ0) is 8.04. The molecule has 0 heterocycles. The normalized spacial score (nSPS) is 9.40. The molecule has 0 rings (SSSR count). The van der Waals surface area contributed by atoms with Crippen molar-refractivity contribution in [3.63, 3.8) is 0 Å². The first-order chi connectivity index (χ1) is 4.62. The summed E-state index contributed by atoms with van der Waals surface area (Å²) < 4.78 is -1.24. The summed E-state index contributed by atoms with van der Waals surface area (Å²) in [5, 5.41) is 0. The first-order valence-corrected chi connectivity index (χ1v) is 3.09. The van der Waals surface area contributed by atoms with Gasteiger partial charge in [-0.2, -0.15) is 4.99 Å². The van der Waals surface area contributed by atoms with Gasteiger partial charge < -0.3 is 0 Å². The molecule has 6 heteroatoms. The van der Waals surface area contributed by atoms with Gasteiger partial charge in [0.2, 0.25) is 12.2 Å². The molecule has 0 aliphatic rings. The van der Waals surface area contributed by atoms with Gasteiger partial charge in [-0.05, 0) is 0 Å². The molecule has 0 N–H and O–H groups in total. The van der Waals surface area contributed by atoms with Gasteiger partial charge in [-0.25, -0.2) is 14.6 Å². The maximum absolute atomic E-state index is 9.65. The van der Waals surface area contributed by atoms with Gasteiger partial charge in [-0.3, -0.25) is 0 Å². The molecule has 0 aromatic heterocycles. The summed E-state index contributed by atoms with van der Waals surface area (Å²) in [6.45, 7) is -0.0992. The average molecular weight is 176 g/mol. The fourth-order valence-corrected chi connectivity index (χ4v) is 0.470. The molecule has 10 heavy (non-hydrogen) atoms. The smallest absolute Gasteiger partial charge is 0.211 e. The first-order valence-electron chi connectivity index (χ1n) is 2.20. The van der Waals surface area contributed by atoms with E-state index >= 15 is 0 Å². The van der Waals surface area contributed by atoms with Gasteiger partial charge in [0.15, 0.2) is 4.20 Å². The van der Waals surface area contributed by atoms with Crippen LogP contribution in [0, 0.1) is 0 Å². The molecule has 54 valence electrons. The number of hydrogen-bond donors (Lipinski definition) is 2. The minimum absolute atomic E-state index is 0.0992. The summed E-state index contributed by atoms with van der Waals surface area (Å²) in [4.78, 5) is 25.5. The Labute approximate surface area is 68.3 Å². The highest BCUT2D eigenvalue weighted by Gasteiger charge is 2.17. The van der Waals surface area contributed by atoms with Crippen LogP contribution < -0.4 is 0 Å². The SMILES string of the molecule is O=C=NCC(S)(S)N=C=O. The molecule has 0 amide bonds. The van der Waals surface area contributed by atoms with Crippen LogP contribution in [-0.2, 0) is 9.59 Å². The zero-order valence-corrected chi connectivity index (χ0v) is 6.60. The number of nitrogens with zero attached hydrogens (tertiary/aromatic N) is 2. The summed E-state index contributed by atoms with van der Waals surface area (Å²) in [6, 6.07) is 0. The van der Waals surface area contributed by atoms with Gasteiger partial charge in [0, 0.05) is 0 Å². The van der Waals surface area contributed by atoms with Gasteiger partial charge in [0.1, 0.15) is 0 Å². The van der Waals surface area contributed by atoms with Crippen LogP contribution in [0.5, 0.6) is 0 Å². The molecule has 0 unspecified atom stereocenters. The second-order valence-electron chi connectivity index (χ2n) is 1.38. The van der Waals surface area contributed by atoms with E-state index in [-0.39, 0.29) is 6.54 Å². The summed E-state index contributed by atoms with van der Waals surface area (Å²) in [5.41, 5.74) is 0.